The van der Waals surface area contributed by atoms with Crippen LogP contribution in [0.25, 0.3) is 0 Å². The second kappa shape index (κ2) is 8.36. The molecule has 22 heavy (non-hydrogen) atoms. The van der Waals surface area contributed by atoms with Crippen molar-refractivity contribution in [1.82, 2.24) is 15.1 Å². The Labute approximate surface area is 133 Å². The number of hydrogen-bond donors (Lipinski definition) is 1. The Morgan fingerprint density at radius 2 is 2.18 bits per heavy atom. The van der Waals surface area contributed by atoms with E-state index < -0.39 is 0 Å². The van der Waals surface area contributed by atoms with Gasteiger partial charge in [-0.1, -0.05) is 13.8 Å². The van der Waals surface area contributed by atoms with Crippen molar-refractivity contribution in [3.8, 4) is 0 Å². The van der Waals surface area contributed by atoms with E-state index in [-0.39, 0.29) is 30.6 Å². The SMILES string of the molecule is CCCN1CCCN(C(=O)N[C@H](CC)[C@@H]2CCCO2)CC1=O. The van der Waals surface area contributed by atoms with Crippen LogP contribution in [-0.4, -0.2) is 66.7 Å². The minimum atomic E-state index is -0.131. The quantitative estimate of drug-likeness (QED) is 0.839. The summed E-state index contributed by atoms with van der Waals surface area (Å²) in [4.78, 5) is 28.2. The first kappa shape index (κ1) is 17.1. The highest BCUT2D eigenvalue weighted by molar-refractivity contribution is 5.84. The molecule has 2 fully saturated rings. The molecule has 2 atom stereocenters. The van der Waals surface area contributed by atoms with Crippen molar-refractivity contribution in [1.29, 1.82) is 0 Å². The van der Waals surface area contributed by atoms with Crippen molar-refractivity contribution in [2.24, 2.45) is 0 Å². The van der Waals surface area contributed by atoms with Crippen LogP contribution >= 0.6 is 0 Å². The normalized spacial score (nSPS) is 24.3. The van der Waals surface area contributed by atoms with E-state index >= 15 is 0 Å². The summed E-state index contributed by atoms with van der Waals surface area (Å²) in [6.07, 6.45) is 4.83. The predicted molar refractivity (Wildman–Crippen MR) is 84.6 cm³/mol. The molecule has 0 unspecified atom stereocenters. The summed E-state index contributed by atoms with van der Waals surface area (Å²) in [6.45, 7) is 7.26. The first-order valence-corrected chi connectivity index (χ1v) is 8.60. The van der Waals surface area contributed by atoms with Gasteiger partial charge in [0.2, 0.25) is 5.91 Å². The number of nitrogens with one attached hydrogen (secondary N) is 1. The lowest BCUT2D eigenvalue weighted by molar-refractivity contribution is -0.130. The highest BCUT2D eigenvalue weighted by Gasteiger charge is 2.29. The van der Waals surface area contributed by atoms with Crippen molar-refractivity contribution in [2.45, 2.75) is 58.1 Å². The first-order chi connectivity index (χ1) is 10.7. The predicted octanol–water partition coefficient (Wildman–Crippen LogP) is 1.60. The van der Waals surface area contributed by atoms with E-state index in [0.717, 1.165) is 51.8 Å². The molecule has 6 nitrogen and oxygen atoms in total. The Balaban J connectivity index is 1.89. The van der Waals surface area contributed by atoms with Crippen LogP contribution < -0.4 is 5.32 Å². The standard InChI is InChI=1S/C16H29N3O3/c1-3-8-18-9-6-10-19(12-15(18)20)16(21)17-13(4-2)14-7-5-11-22-14/h13-14H,3-12H2,1-2H3,(H,17,21)/t13-,14+/m1/s1. The molecule has 0 aromatic heterocycles. The summed E-state index contributed by atoms with van der Waals surface area (Å²) in [5.41, 5.74) is 0. The Morgan fingerprint density at radius 1 is 1.36 bits per heavy atom. The van der Waals surface area contributed by atoms with Crippen LogP contribution in [0.2, 0.25) is 0 Å². The molecule has 2 heterocycles. The lowest BCUT2D eigenvalue weighted by Gasteiger charge is -2.27. The molecule has 2 rings (SSSR count). The second-order valence-corrected chi connectivity index (χ2v) is 6.17. The first-order valence-electron chi connectivity index (χ1n) is 8.60. The summed E-state index contributed by atoms with van der Waals surface area (Å²) >= 11 is 0. The number of rotatable bonds is 5. The summed E-state index contributed by atoms with van der Waals surface area (Å²) < 4.78 is 5.68. The van der Waals surface area contributed by atoms with Gasteiger partial charge in [-0.05, 0) is 32.1 Å². The Morgan fingerprint density at radius 3 is 2.82 bits per heavy atom. The van der Waals surface area contributed by atoms with E-state index in [1.165, 1.54) is 0 Å². The summed E-state index contributed by atoms with van der Waals surface area (Å²) in [5.74, 6) is 0.0552. The van der Waals surface area contributed by atoms with Gasteiger partial charge in [-0.25, -0.2) is 4.79 Å². The topological polar surface area (TPSA) is 61.9 Å². The van der Waals surface area contributed by atoms with Gasteiger partial charge in [0.05, 0.1) is 12.1 Å². The lowest BCUT2D eigenvalue weighted by atomic mass is 10.1. The molecule has 0 saturated carbocycles. The molecule has 0 radical (unpaired) electrons. The third-order valence-corrected chi connectivity index (χ3v) is 4.48. The molecule has 1 N–H and O–H groups in total. The van der Waals surface area contributed by atoms with E-state index in [0.29, 0.717) is 6.54 Å². The Kier molecular flexibility index (Phi) is 6.49. The molecule has 6 heteroatoms. The zero-order chi connectivity index (χ0) is 15.9. The van der Waals surface area contributed by atoms with Crippen LogP contribution in [0.15, 0.2) is 0 Å². The van der Waals surface area contributed by atoms with E-state index in [9.17, 15) is 9.59 Å². The van der Waals surface area contributed by atoms with Gasteiger partial charge in [-0.15, -0.1) is 0 Å². The van der Waals surface area contributed by atoms with Crippen molar-refractivity contribution < 1.29 is 14.3 Å². The molecule has 0 aromatic rings. The zero-order valence-electron chi connectivity index (χ0n) is 13.8. The highest BCUT2D eigenvalue weighted by atomic mass is 16.5. The number of carbonyl (C=O) groups excluding carboxylic acids is 2. The largest absolute Gasteiger partial charge is 0.376 e. The van der Waals surface area contributed by atoms with Gasteiger partial charge in [0.15, 0.2) is 0 Å². The van der Waals surface area contributed by atoms with Gasteiger partial charge >= 0.3 is 6.03 Å². The van der Waals surface area contributed by atoms with Crippen LogP contribution in [0, 0.1) is 0 Å². The lowest BCUT2D eigenvalue weighted by Crippen LogP contribution is -2.50. The number of urea groups is 1. The van der Waals surface area contributed by atoms with E-state index in [1.807, 2.05) is 4.90 Å². The Bertz CT molecular complexity index is 383. The van der Waals surface area contributed by atoms with Gasteiger partial charge in [-0.2, -0.15) is 0 Å². The third kappa shape index (κ3) is 4.35. The number of nitrogens with zero attached hydrogens (tertiary/aromatic N) is 2. The summed E-state index contributed by atoms with van der Waals surface area (Å²) in [7, 11) is 0. The molecule has 2 aliphatic heterocycles. The van der Waals surface area contributed by atoms with Gasteiger partial charge < -0.3 is 19.9 Å². The maximum absolute atomic E-state index is 12.5. The molecular formula is C16H29N3O3. The summed E-state index contributed by atoms with van der Waals surface area (Å²) in [6, 6.07) is -0.0888. The number of carbonyl (C=O) groups is 2. The summed E-state index contributed by atoms with van der Waals surface area (Å²) in [5, 5.41) is 3.06. The fourth-order valence-electron chi connectivity index (χ4n) is 3.23. The van der Waals surface area contributed by atoms with Crippen molar-refractivity contribution in [2.75, 3.05) is 32.8 Å². The average Bonchev–Trinajstić information content (AvgIpc) is 2.98. The number of ether oxygens (including phenoxy) is 1. The van der Waals surface area contributed by atoms with E-state index in [1.54, 1.807) is 4.90 Å². The van der Waals surface area contributed by atoms with Crippen LogP contribution in [0.1, 0.15) is 46.0 Å². The van der Waals surface area contributed by atoms with E-state index in [4.69, 9.17) is 4.74 Å². The highest BCUT2D eigenvalue weighted by Crippen LogP contribution is 2.18. The van der Waals surface area contributed by atoms with Gasteiger partial charge in [-0.3, -0.25) is 4.79 Å². The minimum Gasteiger partial charge on any atom is -0.376 e. The van der Waals surface area contributed by atoms with Crippen LogP contribution in [0.5, 0.6) is 0 Å². The third-order valence-electron chi connectivity index (χ3n) is 4.48. The fourth-order valence-corrected chi connectivity index (χ4v) is 3.23. The molecular weight excluding hydrogens is 282 g/mol. The van der Waals surface area contributed by atoms with Crippen LogP contribution in [0.3, 0.4) is 0 Å². The second-order valence-electron chi connectivity index (χ2n) is 6.17. The molecule has 0 spiro atoms. The maximum Gasteiger partial charge on any atom is 0.318 e. The molecule has 2 aliphatic rings. The van der Waals surface area contributed by atoms with Crippen LogP contribution in [0.4, 0.5) is 4.79 Å². The van der Waals surface area contributed by atoms with Gasteiger partial charge in [0.25, 0.3) is 0 Å². The molecule has 0 aliphatic carbocycles. The van der Waals surface area contributed by atoms with Crippen molar-refractivity contribution >= 4 is 11.9 Å². The smallest absolute Gasteiger partial charge is 0.318 e. The fraction of sp³-hybridized carbons (Fsp3) is 0.875. The van der Waals surface area contributed by atoms with E-state index in [2.05, 4.69) is 19.2 Å². The molecule has 126 valence electrons. The average molecular weight is 311 g/mol. The Hall–Kier alpha value is -1.30. The molecule has 0 aromatic carbocycles. The van der Waals surface area contributed by atoms with Gasteiger partial charge in [0.1, 0.15) is 6.54 Å². The van der Waals surface area contributed by atoms with Crippen LogP contribution in [-0.2, 0) is 9.53 Å². The maximum atomic E-state index is 12.5. The monoisotopic (exact) mass is 311 g/mol. The van der Waals surface area contributed by atoms with Crippen molar-refractivity contribution in [3.05, 3.63) is 0 Å². The molecule has 3 amide bonds. The van der Waals surface area contributed by atoms with Crippen molar-refractivity contribution in [3.63, 3.8) is 0 Å². The number of hydrogen-bond acceptors (Lipinski definition) is 3. The van der Waals surface area contributed by atoms with Gasteiger partial charge in [0, 0.05) is 26.2 Å². The zero-order valence-corrected chi connectivity index (χ0v) is 13.8. The number of amides is 3. The minimum absolute atomic E-state index is 0.0418. The molecule has 2 saturated heterocycles. The molecule has 0 bridgehead atoms.